The number of benzene rings is 1. The minimum Gasteiger partial charge on any atom is 1.00 e. The Morgan fingerprint density at radius 3 is 2.64 bits per heavy atom. The molecule has 5 heteroatoms. The second kappa shape index (κ2) is 6.27. The summed E-state index contributed by atoms with van der Waals surface area (Å²) >= 11 is 2.81. The van der Waals surface area contributed by atoms with Crippen molar-refractivity contribution < 1.29 is 37.0 Å². The van der Waals surface area contributed by atoms with E-state index in [2.05, 4.69) is 16.0 Å². The fraction of sp³-hybridized carbons (Fsp3) is 0.222. The Hall–Kier alpha value is -0.250. The number of hydrogen-bond acceptors (Lipinski definition) is 3. The third-order valence-corrected chi connectivity index (χ3v) is 2.35. The van der Waals surface area contributed by atoms with Crippen molar-refractivity contribution in [2.45, 2.75) is 5.32 Å². The van der Waals surface area contributed by atoms with Crippen molar-refractivity contribution in [3.8, 4) is 5.75 Å². The Labute approximate surface area is 106 Å². The summed E-state index contributed by atoms with van der Waals surface area (Å²) in [5.74, 6) is -0.885. The quantitative estimate of drug-likeness (QED) is 0.609. The molecule has 0 aliphatic carbocycles. The van der Waals surface area contributed by atoms with Gasteiger partial charge in [-0.05, 0) is 0 Å². The van der Waals surface area contributed by atoms with E-state index in [9.17, 15) is 9.90 Å². The second-order valence-corrected chi connectivity index (χ2v) is 3.07. The molecule has 0 amide bonds. The molecular formula is C9H8AuO3Se. The molecule has 0 N–H and O–H groups in total. The number of carboxylic acids is 1. The Kier molecular flexibility index (Phi) is 6.16. The molecule has 0 unspecified atom stereocenters. The zero-order chi connectivity index (χ0) is 9.84. The Balaban J connectivity index is 0.00000169. The van der Waals surface area contributed by atoms with Crippen molar-refractivity contribution in [1.82, 2.24) is 0 Å². The van der Waals surface area contributed by atoms with Crippen LogP contribution in [0.1, 0.15) is 15.9 Å². The third kappa shape index (κ3) is 3.15. The zero-order valence-electron chi connectivity index (χ0n) is 7.37. The van der Waals surface area contributed by atoms with Gasteiger partial charge in [-0.3, -0.25) is 0 Å². The van der Waals surface area contributed by atoms with Crippen LogP contribution >= 0.6 is 0 Å². The minimum absolute atomic E-state index is 0. The van der Waals surface area contributed by atoms with Crippen molar-refractivity contribution in [2.24, 2.45) is 0 Å². The van der Waals surface area contributed by atoms with Gasteiger partial charge in [-0.15, -0.1) is 0 Å². The molecule has 1 rings (SSSR count). The first-order chi connectivity index (χ1) is 6.19. The van der Waals surface area contributed by atoms with Crippen molar-refractivity contribution in [3.05, 3.63) is 29.3 Å². The summed E-state index contributed by atoms with van der Waals surface area (Å²) in [6.45, 7) is 0. The SMILES string of the molecule is COc1ccc(C[Se])cc1C(=O)[O-].[Au+]. The topological polar surface area (TPSA) is 49.4 Å². The van der Waals surface area contributed by atoms with Gasteiger partial charge in [0.15, 0.2) is 0 Å². The molecule has 1 aromatic carbocycles. The molecule has 0 heterocycles. The van der Waals surface area contributed by atoms with Gasteiger partial charge in [0.05, 0.1) is 0 Å². The van der Waals surface area contributed by atoms with Crippen LogP contribution in [0.2, 0.25) is 0 Å². The summed E-state index contributed by atoms with van der Waals surface area (Å²) < 4.78 is 4.88. The van der Waals surface area contributed by atoms with E-state index in [4.69, 9.17) is 4.74 Å². The van der Waals surface area contributed by atoms with Gasteiger partial charge >= 0.3 is 107 Å². The van der Waals surface area contributed by atoms with Gasteiger partial charge in [0, 0.05) is 0 Å². The summed E-state index contributed by atoms with van der Waals surface area (Å²) in [5, 5.41) is 11.3. The van der Waals surface area contributed by atoms with Crippen LogP contribution in [0.15, 0.2) is 18.2 Å². The first kappa shape index (κ1) is 13.7. The number of rotatable bonds is 3. The molecule has 79 valence electrons. The summed E-state index contributed by atoms with van der Waals surface area (Å²) in [4.78, 5) is 10.6. The maximum atomic E-state index is 10.6. The molecule has 0 fully saturated rings. The molecule has 0 saturated heterocycles. The molecule has 0 saturated carbocycles. The molecule has 0 spiro atoms. The standard InChI is InChI=1S/C9H9O3Se.Au/c1-12-8-3-2-6(5-13)4-7(8)9(10)11;/h2-4H,5H2,1H3,(H,10,11);/q;+1/p-1. The molecule has 0 aliphatic heterocycles. The number of aromatic carboxylic acids is 1. The van der Waals surface area contributed by atoms with Gasteiger partial charge in [0.1, 0.15) is 0 Å². The molecule has 1 radical (unpaired) electrons. The average Bonchev–Trinajstić information content (AvgIpc) is 2.16. The Bertz CT molecular complexity index is 328. The van der Waals surface area contributed by atoms with E-state index < -0.39 is 5.97 Å². The summed E-state index contributed by atoms with van der Waals surface area (Å²) in [7, 11) is 1.43. The van der Waals surface area contributed by atoms with Gasteiger partial charge in [0.25, 0.3) is 0 Å². The first-order valence-corrected chi connectivity index (χ1v) is 4.86. The van der Waals surface area contributed by atoms with Gasteiger partial charge in [-0.2, -0.15) is 0 Å². The number of hydrogen-bond donors (Lipinski definition) is 0. The molecule has 0 aliphatic rings. The molecule has 0 aromatic heterocycles. The summed E-state index contributed by atoms with van der Waals surface area (Å²) in [6, 6.07) is 4.98. The number of carbonyl (C=O) groups excluding carboxylic acids is 1. The monoisotopic (exact) mass is 441 g/mol. The molecule has 1 aromatic rings. The Morgan fingerprint density at radius 1 is 1.57 bits per heavy atom. The van der Waals surface area contributed by atoms with Crippen LogP contribution in [0.3, 0.4) is 0 Å². The number of methoxy groups -OCH3 is 1. The third-order valence-electron chi connectivity index (χ3n) is 1.65. The van der Waals surface area contributed by atoms with Crippen molar-refractivity contribution in [1.29, 1.82) is 0 Å². The van der Waals surface area contributed by atoms with Crippen LogP contribution in [-0.2, 0) is 27.7 Å². The van der Waals surface area contributed by atoms with Gasteiger partial charge < -0.3 is 0 Å². The van der Waals surface area contributed by atoms with Crippen LogP contribution < -0.4 is 9.84 Å². The van der Waals surface area contributed by atoms with Crippen molar-refractivity contribution in [3.63, 3.8) is 0 Å². The van der Waals surface area contributed by atoms with E-state index in [-0.39, 0.29) is 27.9 Å². The summed E-state index contributed by atoms with van der Waals surface area (Å²) in [6.07, 6.45) is 0. The van der Waals surface area contributed by atoms with Gasteiger partial charge in [0.2, 0.25) is 0 Å². The Morgan fingerprint density at radius 2 is 2.21 bits per heavy atom. The summed E-state index contributed by atoms with van der Waals surface area (Å²) in [5.41, 5.74) is 0.996. The van der Waals surface area contributed by atoms with Crippen molar-refractivity contribution >= 4 is 22.0 Å². The molecule has 3 nitrogen and oxygen atoms in total. The number of carboxylic acid groups (broad SMARTS) is 1. The molecule has 14 heavy (non-hydrogen) atoms. The van der Waals surface area contributed by atoms with Gasteiger partial charge in [-0.1, -0.05) is 0 Å². The van der Waals surface area contributed by atoms with E-state index >= 15 is 0 Å². The maximum Gasteiger partial charge on any atom is 1.00 e. The van der Waals surface area contributed by atoms with E-state index in [1.165, 1.54) is 7.11 Å². The van der Waals surface area contributed by atoms with E-state index in [0.29, 0.717) is 11.1 Å². The predicted molar refractivity (Wildman–Crippen MR) is 46.8 cm³/mol. The van der Waals surface area contributed by atoms with Crippen LogP contribution in [-0.4, -0.2) is 29.1 Å². The maximum absolute atomic E-state index is 10.6. The second-order valence-electron chi connectivity index (χ2n) is 2.47. The largest absolute Gasteiger partial charge is 1.00 e. The smallest absolute Gasteiger partial charge is 1.00 e. The van der Waals surface area contributed by atoms with Crippen molar-refractivity contribution in [2.75, 3.05) is 7.11 Å². The zero-order valence-corrected chi connectivity index (χ0v) is 11.3. The predicted octanol–water partition coefficient (Wildman–Crippen LogP) is -0.275. The van der Waals surface area contributed by atoms with E-state index in [0.717, 1.165) is 5.56 Å². The minimum atomic E-state index is -1.22. The van der Waals surface area contributed by atoms with E-state index in [1.807, 2.05) is 6.07 Å². The number of carbonyl (C=O) groups is 1. The van der Waals surface area contributed by atoms with Crippen LogP contribution in [0.25, 0.3) is 0 Å². The van der Waals surface area contributed by atoms with Gasteiger partial charge in [-0.25, -0.2) is 0 Å². The van der Waals surface area contributed by atoms with Crippen LogP contribution in [0.5, 0.6) is 5.75 Å². The first-order valence-electron chi connectivity index (χ1n) is 3.65. The molecule has 0 atom stereocenters. The number of ether oxygens (including phenoxy) is 1. The van der Waals surface area contributed by atoms with Crippen LogP contribution in [0, 0.1) is 0 Å². The van der Waals surface area contributed by atoms with Crippen LogP contribution in [0.4, 0.5) is 0 Å². The average molecular weight is 440 g/mol. The fourth-order valence-corrected chi connectivity index (χ4v) is 1.38. The fourth-order valence-electron chi connectivity index (χ4n) is 1.00. The normalized spacial score (nSPS) is 9.00. The molecular weight excluding hydrogens is 432 g/mol. The van der Waals surface area contributed by atoms with E-state index in [1.54, 1.807) is 12.1 Å². The molecule has 0 bridgehead atoms.